The van der Waals surface area contributed by atoms with Crippen LogP contribution in [-0.2, 0) is 31.4 Å². The number of carbonyl (C=O) groups excluding carboxylic acids is 4. The van der Waals surface area contributed by atoms with E-state index in [1.165, 1.54) is 0 Å². The van der Waals surface area contributed by atoms with Crippen molar-refractivity contribution < 1.29 is 69.6 Å². The molecule has 2 aromatic rings. The average molecular weight is 647 g/mol. The number of halogens is 7. The zero-order valence-electron chi connectivity index (χ0n) is 21.8. The molecule has 1 aliphatic carbocycles. The van der Waals surface area contributed by atoms with E-state index in [0.717, 1.165) is 14.2 Å². The van der Waals surface area contributed by atoms with Crippen molar-refractivity contribution >= 4 is 41.1 Å². The third kappa shape index (κ3) is 9.64. The van der Waals surface area contributed by atoms with Crippen molar-refractivity contribution in [2.24, 2.45) is 0 Å². The minimum absolute atomic E-state index is 0.250. The lowest BCUT2D eigenvalue weighted by Gasteiger charge is -2.17. The fourth-order valence-electron chi connectivity index (χ4n) is 3.06. The van der Waals surface area contributed by atoms with E-state index in [-0.39, 0.29) is 6.15 Å². The molecular weight excluding hydrogens is 630 g/mol. The number of benzene rings is 2. The molecule has 1 fully saturated rings. The number of nitro benzene ring substituents is 2. The number of alkyl halides is 6. The van der Waals surface area contributed by atoms with Crippen molar-refractivity contribution in [3.63, 3.8) is 0 Å². The first-order valence-electron chi connectivity index (χ1n) is 11.0. The molecule has 0 spiro atoms. The van der Waals surface area contributed by atoms with Crippen molar-refractivity contribution in [1.82, 2.24) is 0 Å². The summed E-state index contributed by atoms with van der Waals surface area (Å²) in [5.74, 6) is -3.15. The molecule has 0 atom stereocenters. The molecule has 234 valence electrons. The number of carbonyl (C=O) groups is 2. The van der Waals surface area contributed by atoms with Crippen LogP contribution in [0.1, 0.15) is 51.6 Å². The minimum Gasteiger partial charge on any atom is -0.481 e. The van der Waals surface area contributed by atoms with E-state index in [4.69, 9.17) is 25.9 Å². The van der Waals surface area contributed by atoms with E-state index in [1.54, 1.807) is 6.92 Å². The minimum atomic E-state index is -4.87. The van der Waals surface area contributed by atoms with Gasteiger partial charge in [-0.2, -0.15) is 35.9 Å². The van der Waals surface area contributed by atoms with E-state index >= 15 is 0 Å². The maximum absolute atomic E-state index is 13.1. The monoisotopic (exact) mass is 646 g/mol. The van der Waals surface area contributed by atoms with Crippen LogP contribution in [0.2, 0.25) is 5.02 Å². The molecule has 0 amide bonds. The Balaban J connectivity index is 0.000000401. The van der Waals surface area contributed by atoms with Crippen LogP contribution >= 0.6 is 11.6 Å². The van der Waals surface area contributed by atoms with Crippen LogP contribution in [-0.4, -0.2) is 47.8 Å². The summed E-state index contributed by atoms with van der Waals surface area (Å²) >= 11 is 5.36. The van der Waals surface area contributed by atoms with Crippen molar-refractivity contribution in [2.75, 3.05) is 14.2 Å². The average Bonchev–Trinajstić information content (AvgIpc) is 3.63. The fourth-order valence-corrected chi connectivity index (χ4v) is 3.30. The molecule has 43 heavy (non-hydrogen) atoms. The van der Waals surface area contributed by atoms with Gasteiger partial charge < -0.3 is 14.2 Å². The SMILES string of the molecule is COC(=O)c1cc([N+](=O)[O-])c(Cl)cc1C(F)(F)F.COC(=O)c1cc([N+](=O)[O-])c(OC2(C)CC2)cc1C(F)(F)F.O=C=O. The van der Waals surface area contributed by atoms with Gasteiger partial charge in [0.05, 0.1) is 46.3 Å². The second-order valence-electron chi connectivity index (χ2n) is 8.34. The smallest absolute Gasteiger partial charge is 0.417 e. The molecule has 0 radical (unpaired) electrons. The van der Waals surface area contributed by atoms with E-state index in [0.29, 0.717) is 37.1 Å². The third-order valence-corrected chi connectivity index (χ3v) is 5.61. The Morgan fingerprint density at radius 3 is 1.53 bits per heavy atom. The maximum atomic E-state index is 13.1. The second kappa shape index (κ2) is 13.9. The van der Waals surface area contributed by atoms with E-state index in [2.05, 4.69) is 9.47 Å². The number of nitro groups is 2. The number of methoxy groups -OCH3 is 2. The summed E-state index contributed by atoms with van der Waals surface area (Å²) in [6.07, 6.45) is -8.32. The Morgan fingerprint density at radius 2 is 1.21 bits per heavy atom. The van der Waals surface area contributed by atoms with Gasteiger partial charge in [-0.25, -0.2) is 9.59 Å². The van der Waals surface area contributed by atoms with Crippen molar-refractivity contribution in [3.8, 4) is 5.75 Å². The highest BCUT2D eigenvalue weighted by Gasteiger charge is 2.44. The van der Waals surface area contributed by atoms with Gasteiger partial charge in [-0.15, -0.1) is 0 Å². The standard InChI is InChI=1S/C13H12F3NO5.C9H5ClF3NO4.CO2/c1-12(3-4-12)22-10-6-8(13(14,15)16)7(11(18)21-2)5-9(10)17(19)20;1-18-8(15)4-2-7(14(16)17)6(10)3-5(4)9(11,12)13;2-1-3/h5-6H,3-4H2,1-2H3;2-3H,1H3;. The normalized spacial score (nSPS) is 13.1. The molecule has 0 aromatic heterocycles. The zero-order valence-corrected chi connectivity index (χ0v) is 22.5. The summed E-state index contributed by atoms with van der Waals surface area (Å²) in [7, 11) is 1.76. The molecule has 0 saturated heterocycles. The largest absolute Gasteiger partial charge is 0.481 e. The van der Waals surface area contributed by atoms with Crippen LogP contribution < -0.4 is 4.74 Å². The van der Waals surface area contributed by atoms with E-state index < -0.39 is 84.1 Å². The van der Waals surface area contributed by atoms with Crippen molar-refractivity contribution in [2.45, 2.75) is 37.7 Å². The number of rotatable bonds is 6. The molecule has 1 aliphatic rings. The van der Waals surface area contributed by atoms with Gasteiger partial charge in [0.2, 0.25) is 0 Å². The molecular formula is C23H17ClF6N2O11. The Bertz CT molecular complexity index is 1450. The number of hydrogen-bond acceptors (Lipinski definition) is 11. The highest BCUT2D eigenvalue weighted by molar-refractivity contribution is 6.32. The molecule has 13 nitrogen and oxygen atoms in total. The maximum Gasteiger partial charge on any atom is 0.417 e. The van der Waals surface area contributed by atoms with Crippen molar-refractivity contribution in [3.05, 3.63) is 71.8 Å². The van der Waals surface area contributed by atoms with Crippen molar-refractivity contribution in [1.29, 1.82) is 0 Å². The van der Waals surface area contributed by atoms with E-state index in [1.807, 2.05) is 0 Å². The Labute approximate surface area is 240 Å². The van der Waals surface area contributed by atoms with Gasteiger partial charge in [0.15, 0.2) is 5.75 Å². The quantitative estimate of drug-likeness (QED) is 0.160. The van der Waals surface area contributed by atoms with Crippen LogP contribution in [0.4, 0.5) is 37.7 Å². The summed E-state index contributed by atoms with van der Waals surface area (Å²) in [6, 6.07) is 1.78. The van der Waals surface area contributed by atoms with Crippen LogP contribution in [0.5, 0.6) is 5.75 Å². The molecule has 3 rings (SSSR count). The number of hydrogen-bond donors (Lipinski definition) is 0. The van der Waals surface area contributed by atoms with Gasteiger partial charge in [-0.1, -0.05) is 11.6 Å². The third-order valence-electron chi connectivity index (χ3n) is 5.31. The van der Waals surface area contributed by atoms with Gasteiger partial charge >= 0.3 is 36.1 Å². The van der Waals surface area contributed by atoms with Crippen LogP contribution in [0.25, 0.3) is 0 Å². The summed E-state index contributed by atoms with van der Waals surface area (Å²) in [6.45, 7) is 1.64. The van der Waals surface area contributed by atoms with Crippen LogP contribution in [0, 0.1) is 20.2 Å². The van der Waals surface area contributed by atoms with Gasteiger partial charge in [-0.05, 0) is 25.8 Å². The molecule has 20 heteroatoms. The lowest BCUT2D eigenvalue weighted by Crippen LogP contribution is -2.18. The summed E-state index contributed by atoms with van der Waals surface area (Å²) in [4.78, 5) is 58.6. The highest BCUT2D eigenvalue weighted by atomic mass is 35.5. The van der Waals surface area contributed by atoms with Gasteiger partial charge in [0, 0.05) is 18.2 Å². The number of nitrogens with zero attached hydrogens (tertiary/aromatic N) is 2. The molecule has 0 heterocycles. The predicted molar refractivity (Wildman–Crippen MR) is 127 cm³/mol. The molecule has 2 aromatic carbocycles. The first-order chi connectivity index (χ1) is 19.7. The lowest BCUT2D eigenvalue weighted by atomic mass is 10.0. The Morgan fingerprint density at radius 1 is 0.837 bits per heavy atom. The summed E-state index contributed by atoms with van der Waals surface area (Å²) < 4.78 is 90.8. The van der Waals surface area contributed by atoms with Crippen LogP contribution in [0.3, 0.4) is 0 Å². The molecule has 0 aliphatic heterocycles. The second-order valence-corrected chi connectivity index (χ2v) is 8.75. The fraction of sp³-hybridized carbons (Fsp3) is 0.348. The van der Waals surface area contributed by atoms with Gasteiger partial charge in [0.1, 0.15) is 10.6 Å². The molecule has 0 unspecified atom stereocenters. The first kappa shape index (κ1) is 36.3. The molecule has 0 N–H and O–H groups in total. The molecule has 1 saturated carbocycles. The summed E-state index contributed by atoms with van der Waals surface area (Å²) in [5.41, 5.74) is -6.81. The van der Waals surface area contributed by atoms with Crippen LogP contribution in [0.15, 0.2) is 24.3 Å². The number of ether oxygens (including phenoxy) is 3. The highest BCUT2D eigenvalue weighted by Crippen LogP contribution is 2.45. The first-order valence-corrected chi connectivity index (χ1v) is 11.3. The lowest BCUT2D eigenvalue weighted by molar-refractivity contribution is -0.386. The summed E-state index contributed by atoms with van der Waals surface area (Å²) in [5, 5.41) is 20.9. The number of esters is 2. The topological polar surface area (TPSA) is 182 Å². The Hall–Kier alpha value is -4.77. The predicted octanol–water partition coefficient (Wildman–Crippen LogP) is 5.80. The zero-order chi connectivity index (χ0) is 33.5. The Kier molecular flexibility index (Phi) is 11.7. The van der Waals surface area contributed by atoms with Gasteiger partial charge in [-0.3, -0.25) is 20.2 Å². The molecule has 0 bridgehead atoms. The van der Waals surface area contributed by atoms with E-state index in [9.17, 15) is 56.2 Å². The van der Waals surface area contributed by atoms with Gasteiger partial charge in [0.25, 0.3) is 5.69 Å².